The summed E-state index contributed by atoms with van der Waals surface area (Å²) in [4.78, 5) is 7.29. The third-order valence-corrected chi connectivity index (χ3v) is 2.93. The average molecular weight is 203 g/mol. The molecule has 0 N–H and O–H groups in total. The zero-order valence-electron chi connectivity index (χ0n) is 8.19. The van der Waals surface area contributed by atoms with Gasteiger partial charge in [-0.25, -0.2) is 0 Å². The van der Waals surface area contributed by atoms with E-state index in [1.54, 1.807) is 17.5 Å². The van der Waals surface area contributed by atoms with Gasteiger partial charge in [-0.2, -0.15) is 0 Å². The maximum Gasteiger partial charge on any atom is 0.0979 e. The van der Waals surface area contributed by atoms with E-state index in [2.05, 4.69) is 27.5 Å². The summed E-state index contributed by atoms with van der Waals surface area (Å²) in [6.45, 7) is 0. The molecule has 0 fully saturated rings. The van der Waals surface area contributed by atoms with Crippen LogP contribution in [0.3, 0.4) is 0 Å². The van der Waals surface area contributed by atoms with Crippen molar-refractivity contribution in [2.75, 3.05) is 19.0 Å². The van der Waals surface area contributed by atoms with Gasteiger partial charge in [-0.3, -0.25) is 4.98 Å². The van der Waals surface area contributed by atoms with Crippen molar-refractivity contribution in [3.8, 4) is 10.4 Å². The van der Waals surface area contributed by atoms with Crippen LogP contribution in [0.5, 0.6) is 0 Å². The Kier molecular flexibility index (Phi) is 2.50. The van der Waals surface area contributed by atoms with Gasteiger partial charge in [0.15, 0.2) is 0 Å². The minimum Gasteiger partial charge on any atom is -0.377 e. The number of rotatable bonds is 2. The molecule has 2 heterocycles. The zero-order chi connectivity index (χ0) is 9.97. The molecule has 2 aromatic rings. The van der Waals surface area contributed by atoms with Gasteiger partial charge in [-0.05, 0) is 18.2 Å². The molecular weight excluding hydrogens is 192 g/mol. The molecule has 71 valence electrons. The first-order valence-electron chi connectivity index (χ1n) is 4.36. The maximum absolute atomic E-state index is 3.98. The molecule has 0 spiro atoms. The van der Waals surface area contributed by atoms with Gasteiger partial charge in [0.2, 0.25) is 0 Å². The highest BCUT2D eigenvalue weighted by atomic mass is 32.1. The third-order valence-electron chi connectivity index (χ3n) is 1.98. The Labute approximate surface area is 87.8 Å². The van der Waals surface area contributed by atoms with Crippen molar-refractivity contribution in [2.45, 2.75) is 0 Å². The van der Waals surface area contributed by atoms with Gasteiger partial charge in [0.25, 0.3) is 0 Å². The monoisotopic (exact) mass is 203 g/mol. The van der Waals surface area contributed by atoms with Gasteiger partial charge in [0.05, 0.1) is 6.20 Å². The number of nitrogens with zero attached hydrogens (tertiary/aromatic N) is 2. The molecule has 0 bridgehead atoms. The van der Waals surface area contributed by atoms with Crippen molar-refractivity contribution in [3.05, 3.63) is 36.0 Å². The lowest BCUT2D eigenvalue weighted by molar-refractivity contribution is 1.14. The van der Waals surface area contributed by atoms with Crippen LogP contribution < -0.4 is 4.90 Å². The molecular formula is C11H11N2S. The van der Waals surface area contributed by atoms with Crippen LogP contribution in [0.25, 0.3) is 10.4 Å². The Balaban J connectivity index is 2.34. The summed E-state index contributed by atoms with van der Waals surface area (Å²) in [6.07, 6.45) is 4.72. The fourth-order valence-electron chi connectivity index (χ4n) is 1.17. The second kappa shape index (κ2) is 3.80. The predicted molar refractivity (Wildman–Crippen MR) is 60.7 cm³/mol. The van der Waals surface area contributed by atoms with Crippen molar-refractivity contribution >= 4 is 17.0 Å². The summed E-state index contributed by atoms with van der Waals surface area (Å²) >= 11 is 1.72. The maximum atomic E-state index is 3.98. The van der Waals surface area contributed by atoms with Crippen LogP contribution in [0.1, 0.15) is 0 Å². The van der Waals surface area contributed by atoms with Crippen LogP contribution in [0.2, 0.25) is 0 Å². The first-order valence-corrected chi connectivity index (χ1v) is 5.24. The van der Waals surface area contributed by atoms with E-state index in [0.29, 0.717) is 0 Å². The van der Waals surface area contributed by atoms with Crippen LogP contribution in [-0.4, -0.2) is 19.1 Å². The largest absolute Gasteiger partial charge is 0.377 e. The number of anilines is 1. The summed E-state index contributed by atoms with van der Waals surface area (Å²) in [7, 11) is 4.08. The Morgan fingerprint density at radius 2 is 2.29 bits per heavy atom. The molecule has 0 saturated heterocycles. The summed E-state index contributed by atoms with van der Waals surface area (Å²) in [5.41, 5.74) is 2.29. The highest BCUT2D eigenvalue weighted by molar-refractivity contribution is 7.14. The van der Waals surface area contributed by atoms with Crippen LogP contribution in [0.15, 0.2) is 29.8 Å². The van der Waals surface area contributed by atoms with Crippen molar-refractivity contribution < 1.29 is 0 Å². The highest BCUT2D eigenvalue weighted by Gasteiger charge is 2.03. The molecule has 0 aliphatic carbocycles. The molecule has 0 aliphatic heterocycles. The Morgan fingerprint density at radius 3 is 2.86 bits per heavy atom. The molecule has 0 saturated carbocycles. The smallest absolute Gasteiger partial charge is 0.0979 e. The lowest BCUT2D eigenvalue weighted by Gasteiger charge is -2.07. The van der Waals surface area contributed by atoms with E-state index in [4.69, 9.17) is 0 Å². The Hall–Kier alpha value is -1.35. The topological polar surface area (TPSA) is 16.1 Å². The minimum atomic E-state index is 1.06. The first kappa shape index (κ1) is 9.21. The quantitative estimate of drug-likeness (QED) is 0.746. The van der Waals surface area contributed by atoms with Gasteiger partial charge in [-0.15, -0.1) is 11.3 Å². The fraction of sp³-hybridized carbons (Fsp3) is 0.182. The summed E-state index contributed by atoms with van der Waals surface area (Å²) in [5, 5.41) is 2.14. The zero-order valence-corrected chi connectivity index (χ0v) is 9.01. The molecule has 0 unspecified atom stereocenters. The second-order valence-corrected chi connectivity index (χ2v) is 4.14. The number of hydrogen-bond donors (Lipinski definition) is 0. The third kappa shape index (κ3) is 1.77. The molecule has 0 aliphatic rings. The molecule has 2 aromatic heterocycles. The van der Waals surface area contributed by atoms with Crippen molar-refractivity contribution in [1.29, 1.82) is 0 Å². The van der Waals surface area contributed by atoms with Crippen molar-refractivity contribution in [3.63, 3.8) is 0 Å². The highest BCUT2D eigenvalue weighted by Crippen LogP contribution is 2.29. The van der Waals surface area contributed by atoms with Gasteiger partial charge in [-0.1, -0.05) is 0 Å². The van der Waals surface area contributed by atoms with E-state index in [-0.39, 0.29) is 0 Å². The molecule has 0 amide bonds. The number of aromatic nitrogens is 1. The molecule has 0 aromatic carbocycles. The van der Waals surface area contributed by atoms with Crippen LogP contribution >= 0.6 is 11.3 Å². The fourth-order valence-corrected chi connectivity index (χ4v) is 2.12. The normalized spacial score (nSPS) is 10.1. The number of thiophene rings is 1. The molecule has 14 heavy (non-hydrogen) atoms. The van der Waals surface area contributed by atoms with E-state index in [0.717, 1.165) is 5.56 Å². The lowest BCUT2D eigenvalue weighted by atomic mass is 10.2. The summed E-state index contributed by atoms with van der Waals surface area (Å²) in [5.74, 6) is 0. The van der Waals surface area contributed by atoms with Gasteiger partial charge >= 0.3 is 0 Å². The van der Waals surface area contributed by atoms with Crippen LogP contribution in [-0.2, 0) is 0 Å². The standard InChI is InChI=1S/C11H11N2S/c1-13(2)10-6-11(14-8-10)9-4-3-5-12-7-9/h3-6,8H,1-2H3. The summed E-state index contributed by atoms with van der Waals surface area (Å²) < 4.78 is 0. The first-order chi connectivity index (χ1) is 6.77. The van der Waals surface area contributed by atoms with Crippen LogP contribution in [0, 0.1) is 6.20 Å². The SMILES string of the molecule is CN(C)c1csc(-c2[c]nccc2)c1. The molecule has 3 heteroatoms. The van der Waals surface area contributed by atoms with Crippen molar-refractivity contribution in [2.24, 2.45) is 0 Å². The van der Waals surface area contributed by atoms with E-state index in [1.165, 1.54) is 10.6 Å². The second-order valence-electron chi connectivity index (χ2n) is 3.23. The molecule has 1 radical (unpaired) electrons. The number of pyridine rings is 1. The van der Waals surface area contributed by atoms with Gasteiger partial charge in [0.1, 0.15) is 0 Å². The summed E-state index contributed by atoms with van der Waals surface area (Å²) in [6, 6.07) is 6.11. The Morgan fingerprint density at radius 1 is 1.43 bits per heavy atom. The van der Waals surface area contributed by atoms with E-state index >= 15 is 0 Å². The van der Waals surface area contributed by atoms with Crippen LogP contribution in [0.4, 0.5) is 5.69 Å². The number of hydrogen-bond acceptors (Lipinski definition) is 3. The molecule has 2 nitrogen and oxygen atoms in total. The molecule has 2 rings (SSSR count). The lowest BCUT2D eigenvalue weighted by Crippen LogP contribution is -2.06. The average Bonchev–Trinajstić information content (AvgIpc) is 2.68. The van der Waals surface area contributed by atoms with E-state index in [1.807, 2.05) is 26.2 Å². The Bertz CT molecular complexity index is 406. The van der Waals surface area contributed by atoms with Gasteiger partial charge in [0, 0.05) is 41.8 Å². The van der Waals surface area contributed by atoms with Crippen molar-refractivity contribution in [1.82, 2.24) is 4.98 Å². The van der Waals surface area contributed by atoms with Gasteiger partial charge < -0.3 is 4.90 Å². The minimum absolute atomic E-state index is 1.06. The van der Waals surface area contributed by atoms with E-state index in [9.17, 15) is 0 Å². The van der Waals surface area contributed by atoms with E-state index < -0.39 is 0 Å². The molecule has 0 atom stereocenters. The predicted octanol–water partition coefficient (Wildman–Crippen LogP) is 2.68.